The number of cyclic esters (lactones) is 3. The summed E-state index contributed by atoms with van der Waals surface area (Å²) in [5.41, 5.74) is -0.539. The van der Waals surface area contributed by atoms with E-state index < -0.39 is 35.3 Å². The minimum Gasteiger partial charge on any atom is -0.465 e. The third-order valence-corrected chi connectivity index (χ3v) is 13.7. The first-order valence-corrected chi connectivity index (χ1v) is 16.2. The molecule has 2 aliphatic heterocycles. The Morgan fingerprint density at radius 2 is 1.52 bits per heavy atom. The normalized spacial score (nSPS) is 47.4. The molecule has 2 heterocycles. The molecule has 8 fully saturated rings. The van der Waals surface area contributed by atoms with Gasteiger partial charge in [-0.05, 0) is 106 Å². The van der Waals surface area contributed by atoms with Gasteiger partial charge >= 0.3 is 23.9 Å². The van der Waals surface area contributed by atoms with Crippen LogP contribution < -0.4 is 0 Å². The molecule has 7 nitrogen and oxygen atoms in total. The van der Waals surface area contributed by atoms with Crippen molar-refractivity contribution < 1.29 is 33.4 Å². The molecule has 0 amide bonds. The van der Waals surface area contributed by atoms with Gasteiger partial charge in [-0.3, -0.25) is 19.2 Å². The fraction of sp³-hybridized carbons (Fsp3) is 0.879. The average Bonchev–Trinajstić information content (AvgIpc) is 3.62. The van der Waals surface area contributed by atoms with E-state index in [4.69, 9.17) is 14.2 Å². The summed E-state index contributed by atoms with van der Waals surface area (Å²) in [6.07, 6.45) is 10.4. The van der Waals surface area contributed by atoms with Gasteiger partial charge in [0.05, 0.1) is 30.3 Å². The molecule has 0 spiro atoms. The summed E-state index contributed by atoms with van der Waals surface area (Å²) in [5, 5.41) is 0. The van der Waals surface area contributed by atoms with E-state index in [0.29, 0.717) is 18.9 Å². The SMILES string of the molecule is CCC(CC)(OC(=O)C(CC1C(C)C2CC1C1COC(=O)C21)C1C(=O)OC(=O)C1C)C12CC3CC(CC(C3)C1)C2. The van der Waals surface area contributed by atoms with Gasteiger partial charge in [0.1, 0.15) is 5.60 Å². The lowest BCUT2D eigenvalue weighted by atomic mass is 9.44. The summed E-state index contributed by atoms with van der Waals surface area (Å²) in [6.45, 7) is 8.70. The Labute approximate surface area is 237 Å². The Kier molecular flexibility index (Phi) is 6.26. The maximum Gasteiger partial charge on any atom is 0.318 e. The molecule has 8 rings (SSSR count). The summed E-state index contributed by atoms with van der Waals surface area (Å²) >= 11 is 0. The topological polar surface area (TPSA) is 96.0 Å². The number of carbonyl (C=O) groups is 4. The second-order valence-electron chi connectivity index (χ2n) is 15.1. The molecule has 220 valence electrons. The Balaban J connectivity index is 1.19. The molecule has 6 saturated carbocycles. The highest BCUT2D eigenvalue weighted by atomic mass is 16.6. The molecule has 7 heteroatoms. The van der Waals surface area contributed by atoms with Gasteiger partial charge < -0.3 is 14.2 Å². The fourth-order valence-corrected chi connectivity index (χ4v) is 12.2. The maximum atomic E-state index is 14.5. The monoisotopic (exact) mass is 554 g/mol. The van der Waals surface area contributed by atoms with Gasteiger partial charge in [0.15, 0.2) is 0 Å². The number of fused-ring (bicyclic) bond motifs is 5. The van der Waals surface area contributed by atoms with E-state index in [0.717, 1.165) is 56.3 Å². The molecular weight excluding hydrogens is 508 g/mol. The molecule has 40 heavy (non-hydrogen) atoms. The summed E-state index contributed by atoms with van der Waals surface area (Å²) in [6, 6.07) is 0. The molecular formula is C33H46O7. The van der Waals surface area contributed by atoms with Crippen molar-refractivity contribution in [3.8, 4) is 0 Å². The minimum absolute atomic E-state index is 0.0115. The summed E-state index contributed by atoms with van der Waals surface area (Å²) in [5.74, 6) is -0.328. The molecule has 0 aromatic heterocycles. The Bertz CT molecular complexity index is 1070. The molecule has 0 N–H and O–H groups in total. The first kappa shape index (κ1) is 26.9. The van der Waals surface area contributed by atoms with E-state index in [2.05, 4.69) is 20.8 Å². The molecule has 8 aliphatic rings. The Morgan fingerprint density at radius 3 is 2.08 bits per heavy atom. The summed E-state index contributed by atoms with van der Waals surface area (Å²) in [7, 11) is 0. The van der Waals surface area contributed by atoms with Crippen LogP contribution in [0.1, 0.15) is 91.9 Å². The van der Waals surface area contributed by atoms with Crippen LogP contribution in [0.15, 0.2) is 0 Å². The van der Waals surface area contributed by atoms with Crippen molar-refractivity contribution in [3.63, 3.8) is 0 Å². The average molecular weight is 555 g/mol. The highest BCUT2D eigenvalue weighted by Crippen LogP contribution is 2.66. The van der Waals surface area contributed by atoms with E-state index >= 15 is 0 Å². The lowest BCUT2D eigenvalue weighted by Gasteiger charge is -2.63. The standard InChI is InChI=1S/C33H46O7/c1-5-33(6-2,32-12-18-7-19(13-32)9-20(8-18)14-32)40-29(35)24(26-17(4)28(34)39-31(26)37)10-21-16(3)22-11-23(21)25-15-38-30(36)27(22)25/h16-27H,5-15H2,1-4H3. The Hall–Kier alpha value is -1.92. The molecule has 0 aromatic carbocycles. The zero-order chi connectivity index (χ0) is 28.1. The lowest BCUT2D eigenvalue weighted by Crippen LogP contribution is -2.60. The molecule has 6 bridgehead atoms. The van der Waals surface area contributed by atoms with Crippen molar-refractivity contribution >= 4 is 23.9 Å². The lowest BCUT2D eigenvalue weighted by molar-refractivity contribution is -0.217. The van der Waals surface area contributed by atoms with Gasteiger partial charge in [-0.15, -0.1) is 0 Å². The Morgan fingerprint density at radius 1 is 0.900 bits per heavy atom. The first-order valence-electron chi connectivity index (χ1n) is 16.2. The van der Waals surface area contributed by atoms with Gasteiger partial charge in [0.2, 0.25) is 0 Å². The van der Waals surface area contributed by atoms with E-state index in [-0.39, 0.29) is 46.9 Å². The predicted octanol–water partition coefficient (Wildman–Crippen LogP) is 5.34. The predicted molar refractivity (Wildman–Crippen MR) is 144 cm³/mol. The summed E-state index contributed by atoms with van der Waals surface area (Å²) < 4.78 is 17.4. The molecule has 6 aliphatic carbocycles. The van der Waals surface area contributed by atoms with Gasteiger partial charge in [-0.2, -0.15) is 0 Å². The smallest absolute Gasteiger partial charge is 0.318 e. The van der Waals surface area contributed by atoms with Crippen molar-refractivity contribution in [1.29, 1.82) is 0 Å². The van der Waals surface area contributed by atoms with Crippen LogP contribution in [0.4, 0.5) is 0 Å². The first-order chi connectivity index (χ1) is 19.1. The largest absolute Gasteiger partial charge is 0.465 e. The van der Waals surface area contributed by atoms with Crippen LogP contribution in [-0.2, 0) is 33.4 Å². The second-order valence-corrected chi connectivity index (χ2v) is 15.1. The number of esters is 4. The van der Waals surface area contributed by atoms with Gasteiger partial charge in [-0.1, -0.05) is 27.7 Å². The van der Waals surface area contributed by atoms with Crippen molar-refractivity contribution in [3.05, 3.63) is 0 Å². The van der Waals surface area contributed by atoms with E-state index in [9.17, 15) is 19.2 Å². The van der Waals surface area contributed by atoms with Crippen LogP contribution in [0.25, 0.3) is 0 Å². The molecule has 0 radical (unpaired) electrons. The zero-order valence-corrected chi connectivity index (χ0v) is 24.6. The van der Waals surface area contributed by atoms with Crippen molar-refractivity contribution in [2.24, 2.45) is 76.4 Å². The van der Waals surface area contributed by atoms with Crippen LogP contribution in [0.2, 0.25) is 0 Å². The number of rotatable bonds is 8. The van der Waals surface area contributed by atoms with Crippen molar-refractivity contribution in [2.45, 2.75) is 97.5 Å². The number of hydrogen-bond donors (Lipinski definition) is 0. The molecule has 9 unspecified atom stereocenters. The van der Waals surface area contributed by atoms with Gasteiger partial charge in [0.25, 0.3) is 0 Å². The van der Waals surface area contributed by atoms with Crippen LogP contribution in [0.3, 0.4) is 0 Å². The second kappa shape index (κ2) is 9.29. The third-order valence-electron chi connectivity index (χ3n) is 13.7. The fourth-order valence-electron chi connectivity index (χ4n) is 12.2. The van der Waals surface area contributed by atoms with Crippen LogP contribution in [0, 0.1) is 76.4 Å². The van der Waals surface area contributed by atoms with E-state index in [1.165, 1.54) is 19.3 Å². The quantitative estimate of drug-likeness (QED) is 0.227. The molecule has 9 atom stereocenters. The highest BCUT2D eigenvalue weighted by Gasteiger charge is 2.64. The number of ether oxygens (including phenoxy) is 3. The van der Waals surface area contributed by atoms with E-state index in [1.54, 1.807) is 6.92 Å². The van der Waals surface area contributed by atoms with Gasteiger partial charge in [-0.25, -0.2) is 0 Å². The van der Waals surface area contributed by atoms with Crippen LogP contribution >= 0.6 is 0 Å². The zero-order valence-electron chi connectivity index (χ0n) is 24.6. The third kappa shape index (κ3) is 3.66. The van der Waals surface area contributed by atoms with Crippen LogP contribution in [-0.4, -0.2) is 36.1 Å². The maximum absolute atomic E-state index is 14.5. The molecule has 2 saturated heterocycles. The summed E-state index contributed by atoms with van der Waals surface area (Å²) in [4.78, 5) is 52.6. The van der Waals surface area contributed by atoms with E-state index in [1.807, 2.05) is 0 Å². The van der Waals surface area contributed by atoms with Crippen molar-refractivity contribution in [2.75, 3.05) is 6.61 Å². The number of hydrogen-bond acceptors (Lipinski definition) is 7. The molecule has 0 aromatic rings. The van der Waals surface area contributed by atoms with Gasteiger partial charge in [0, 0.05) is 11.3 Å². The minimum atomic E-state index is -0.814. The number of carbonyl (C=O) groups excluding carboxylic acids is 4. The van der Waals surface area contributed by atoms with Crippen LogP contribution in [0.5, 0.6) is 0 Å². The highest BCUT2D eigenvalue weighted by molar-refractivity contribution is 5.98. The van der Waals surface area contributed by atoms with Crippen molar-refractivity contribution in [1.82, 2.24) is 0 Å².